The minimum atomic E-state index is 0.0775. The lowest BCUT2D eigenvalue weighted by molar-refractivity contribution is -0.137. The third-order valence-corrected chi connectivity index (χ3v) is 7.62. The molecular formula is C27H33N7O2. The molecule has 9 nitrogen and oxygen atoms in total. The Labute approximate surface area is 211 Å². The van der Waals surface area contributed by atoms with Crippen LogP contribution < -0.4 is 4.74 Å². The fraction of sp³-hybridized carbons (Fsp3) is 0.519. The lowest BCUT2D eigenvalue weighted by atomic mass is 9.93. The van der Waals surface area contributed by atoms with Crippen LogP contribution in [0.15, 0.2) is 24.5 Å². The molecule has 0 spiro atoms. The summed E-state index contributed by atoms with van der Waals surface area (Å²) in [5, 5.41) is 10.2. The summed E-state index contributed by atoms with van der Waals surface area (Å²) in [4.78, 5) is 30.4. The van der Waals surface area contributed by atoms with Crippen LogP contribution in [-0.2, 0) is 11.8 Å². The lowest BCUT2D eigenvalue weighted by Gasteiger charge is -2.34. The third-order valence-electron chi connectivity index (χ3n) is 7.62. The first-order valence-electron chi connectivity index (χ1n) is 12.8. The molecular weight excluding hydrogens is 454 g/mol. The Hall–Kier alpha value is -3.51. The van der Waals surface area contributed by atoms with Gasteiger partial charge in [0.05, 0.1) is 18.3 Å². The van der Waals surface area contributed by atoms with E-state index in [1.165, 1.54) is 0 Å². The molecule has 188 valence electrons. The molecule has 2 saturated heterocycles. The summed E-state index contributed by atoms with van der Waals surface area (Å²) in [6.07, 6.45) is 8.78. The number of carbonyl (C=O) groups excluding carboxylic acids is 1. The van der Waals surface area contributed by atoms with Gasteiger partial charge in [-0.25, -0.2) is 15.0 Å². The van der Waals surface area contributed by atoms with Crippen LogP contribution in [-0.4, -0.2) is 74.6 Å². The van der Waals surface area contributed by atoms with Gasteiger partial charge in [-0.15, -0.1) is 0 Å². The van der Waals surface area contributed by atoms with Gasteiger partial charge in [0.15, 0.2) is 0 Å². The van der Waals surface area contributed by atoms with E-state index in [0.29, 0.717) is 30.0 Å². The molecule has 36 heavy (non-hydrogen) atoms. The van der Waals surface area contributed by atoms with Gasteiger partial charge < -0.3 is 14.2 Å². The minimum Gasteiger partial charge on any atom is -0.477 e. The highest BCUT2D eigenvalue weighted by Gasteiger charge is 2.33. The van der Waals surface area contributed by atoms with Gasteiger partial charge in [0.1, 0.15) is 11.7 Å². The SMILES string of the molecule is Cc1cc(-c2nc(C#N)nc3c2ccn3C)cnc1OCCC1CCN(C(=O)[C@@H]2CCCN2C)CC1. The van der Waals surface area contributed by atoms with E-state index in [1.54, 1.807) is 6.20 Å². The molecule has 2 aliphatic heterocycles. The Bertz CT molecular complexity index is 1300. The second-order valence-electron chi connectivity index (χ2n) is 10.1. The molecule has 0 bridgehead atoms. The van der Waals surface area contributed by atoms with Crippen molar-refractivity contribution in [1.82, 2.24) is 29.3 Å². The van der Waals surface area contributed by atoms with Crippen LogP contribution in [0, 0.1) is 24.2 Å². The standard InChI is InChI=1S/C27H33N7O2/c1-18-15-20(24-21-8-11-33(3)25(21)31-23(16-28)30-24)17-29-26(18)36-14-9-19-6-12-34(13-7-19)27(35)22-5-4-10-32(22)2/h8,11,15,17,19,22H,4-7,9-10,12-14H2,1-3H3/t22-/m0/s1. The van der Waals surface area contributed by atoms with E-state index < -0.39 is 0 Å². The van der Waals surface area contributed by atoms with Crippen LogP contribution in [0.4, 0.5) is 0 Å². The molecule has 0 saturated carbocycles. The first-order valence-corrected chi connectivity index (χ1v) is 12.8. The van der Waals surface area contributed by atoms with Crippen molar-refractivity contribution in [2.45, 2.75) is 45.1 Å². The average molecular weight is 488 g/mol. The Morgan fingerprint density at radius 1 is 1.19 bits per heavy atom. The number of hydrogen-bond donors (Lipinski definition) is 0. The molecule has 5 heterocycles. The van der Waals surface area contributed by atoms with Gasteiger partial charge in [0, 0.05) is 49.0 Å². The monoisotopic (exact) mass is 487 g/mol. The first kappa shape index (κ1) is 24.2. The number of likely N-dealkylation sites (N-methyl/N-ethyl adjacent to an activating group) is 1. The number of rotatable bonds is 6. The van der Waals surface area contributed by atoms with Crippen molar-refractivity contribution < 1.29 is 9.53 Å². The summed E-state index contributed by atoms with van der Waals surface area (Å²) in [7, 11) is 3.96. The second-order valence-corrected chi connectivity index (χ2v) is 10.1. The van der Waals surface area contributed by atoms with E-state index >= 15 is 0 Å². The zero-order chi connectivity index (χ0) is 25.2. The summed E-state index contributed by atoms with van der Waals surface area (Å²) >= 11 is 0. The first-order chi connectivity index (χ1) is 17.4. The quantitative estimate of drug-likeness (QED) is 0.526. The summed E-state index contributed by atoms with van der Waals surface area (Å²) in [6, 6.07) is 6.09. The van der Waals surface area contributed by atoms with E-state index in [2.05, 4.69) is 37.9 Å². The van der Waals surface area contributed by atoms with Crippen molar-refractivity contribution in [2.24, 2.45) is 13.0 Å². The zero-order valence-corrected chi connectivity index (χ0v) is 21.3. The van der Waals surface area contributed by atoms with Crippen LogP contribution in [0.3, 0.4) is 0 Å². The number of pyridine rings is 1. The Morgan fingerprint density at radius 2 is 2.00 bits per heavy atom. The molecule has 9 heteroatoms. The van der Waals surface area contributed by atoms with Gasteiger partial charge in [-0.2, -0.15) is 5.26 Å². The molecule has 2 fully saturated rings. The van der Waals surface area contributed by atoms with Crippen molar-refractivity contribution in [2.75, 3.05) is 33.3 Å². The molecule has 0 N–H and O–H groups in total. The number of aromatic nitrogens is 4. The zero-order valence-electron chi connectivity index (χ0n) is 21.3. The van der Waals surface area contributed by atoms with Crippen LogP contribution in [0.2, 0.25) is 0 Å². The van der Waals surface area contributed by atoms with Crippen molar-refractivity contribution in [3.05, 3.63) is 35.9 Å². The number of nitriles is 1. The van der Waals surface area contributed by atoms with Crippen LogP contribution in [0.1, 0.15) is 43.5 Å². The Balaban J connectivity index is 1.17. The number of fused-ring (bicyclic) bond motifs is 1. The predicted molar refractivity (Wildman–Crippen MR) is 136 cm³/mol. The van der Waals surface area contributed by atoms with Crippen LogP contribution in [0.25, 0.3) is 22.3 Å². The minimum absolute atomic E-state index is 0.0775. The number of ether oxygens (including phenoxy) is 1. The molecule has 0 radical (unpaired) electrons. The highest BCUT2D eigenvalue weighted by Crippen LogP contribution is 2.29. The van der Waals surface area contributed by atoms with Crippen molar-refractivity contribution >= 4 is 16.9 Å². The topological polar surface area (TPSA) is 100 Å². The van der Waals surface area contributed by atoms with E-state index in [9.17, 15) is 10.1 Å². The molecule has 0 aliphatic carbocycles. The summed E-state index contributed by atoms with van der Waals surface area (Å²) < 4.78 is 7.93. The molecule has 1 atom stereocenters. The van der Waals surface area contributed by atoms with Crippen molar-refractivity contribution in [3.63, 3.8) is 0 Å². The van der Waals surface area contributed by atoms with Crippen molar-refractivity contribution in [1.29, 1.82) is 5.26 Å². The highest BCUT2D eigenvalue weighted by molar-refractivity contribution is 5.91. The fourth-order valence-electron chi connectivity index (χ4n) is 5.45. The van der Waals surface area contributed by atoms with Crippen LogP contribution in [0.5, 0.6) is 5.88 Å². The van der Waals surface area contributed by atoms with Crippen molar-refractivity contribution in [3.8, 4) is 23.2 Å². The lowest BCUT2D eigenvalue weighted by Crippen LogP contribution is -2.47. The number of nitrogens with zero attached hydrogens (tertiary/aromatic N) is 7. The van der Waals surface area contributed by atoms with Gasteiger partial charge in [-0.1, -0.05) is 0 Å². The maximum atomic E-state index is 12.8. The van der Waals surface area contributed by atoms with Gasteiger partial charge in [-0.05, 0) is 70.7 Å². The van der Waals surface area contributed by atoms with Gasteiger partial charge in [-0.3, -0.25) is 9.69 Å². The molecule has 5 rings (SSSR count). The fourth-order valence-corrected chi connectivity index (χ4v) is 5.45. The highest BCUT2D eigenvalue weighted by atomic mass is 16.5. The van der Waals surface area contributed by atoms with Crippen LogP contribution >= 0.6 is 0 Å². The number of hydrogen-bond acceptors (Lipinski definition) is 7. The third kappa shape index (κ3) is 4.78. The Morgan fingerprint density at radius 3 is 2.69 bits per heavy atom. The molecule has 0 aromatic carbocycles. The number of carbonyl (C=O) groups is 1. The van der Waals surface area contributed by atoms with E-state index in [4.69, 9.17) is 4.74 Å². The second kappa shape index (κ2) is 10.2. The predicted octanol–water partition coefficient (Wildman–Crippen LogP) is 3.31. The van der Waals surface area contributed by atoms with Gasteiger partial charge >= 0.3 is 0 Å². The Kier molecular flexibility index (Phi) is 6.88. The molecule has 2 aliphatic rings. The number of amides is 1. The summed E-state index contributed by atoms with van der Waals surface area (Å²) in [5.41, 5.74) is 3.18. The van der Waals surface area contributed by atoms with E-state index in [0.717, 1.165) is 73.9 Å². The average Bonchev–Trinajstić information content (AvgIpc) is 3.49. The smallest absolute Gasteiger partial charge is 0.239 e. The number of aryl methyl sites for hydroxylation is 2. The normalized spacial score (nSPS) is 19.1. The molecule has 1 amide bonds. The molecule has 0 unspecified atom stereocenters. The summed E-state index contributed by atoms with van der Waals surface area (Å²) in [6.45, 7) is 5.29. The number of piperidine rings is 1. The van der Waals surface area contributed by atoms with E-state index in [-0.39, 0.29) is 11.9 Å². The maximum absolute atomic E-state index is 12.8. The van der Waals surface area contributed by atoms with E-state index in [1.807, 2.05) is 36.9 Å². The largest absolute Gasteiger partial charge is 0.477 e. The molecule has 3 aromatic rings. The number of likely N-dealkylation sites (tertiary alicyclic amines) is 2. The van der Waals surface area contributed by atoms with Gasteiger partial charge in [0.25, 0.3) is 0 Å². The van der Waals surface area contributed by atoms with Gasteiger partial charge in [0.2, 0.25) is 17.6 Å². The maximum Gasteiger partial charge on any atom is 0.239 e. The summed E-state index contributed by atoms with van der Waals surface area (Å²) in [5.74, 6) is 1.63. The molecule has 3 aromatic heterocycles.